The average Bonchev–Trinajstić information content (AvgIpc) is 2.36. The van der Waals surface area contributed by atoms with Gasteiger partial charge in [0.25, 0.3) is 0 Å². The lowest BCUT2D eigenvalue weighted by Crippen LogP contribution is -2.20. The Balaban J connectivity index is 4.06. The summed E-state index contributed by atoms with van der Waals surface area (Å²) >= 11 is 0. The highest BCUT2D eigenvalue weighted by molar-refractivity contribution is 5.92. The molecule has 0 aromatic heterocycles. The predicted molar refractivity (Wildman–Crippen MR) is 83.2 cm³/mol. The Morgan fingerprint density at radius 3 is 2.28 bits per heavy atom. The van der Waals surface area contributed by atoms with E-state index in [1.807, 2.05) is 0 Å². The van der Waals surface area contributed by atoms with Gasteiger partial charge in [-0.25, -0.2) is 0 Å². The number of unbranched alkanes of at least 4 members (excludes halogenated alkanes) is 4. The molecule has 0 aliphatic rings. The third-order valence-corrected chi connectivity index (χ3v) is 2.88. The summed E-state index contributed by atoms with van der Waals surface area (Å²) in [6, 6.07) is 0. The molecule has 0 aliphatic carbocycles. The van der Waals surface area contributed by atoms with E-state index in [0.29, 0.717) is 0 Å². The van der Waals surface area contributed by atoms with Gasteiger partial charge in [0.1, 0.15) is 0 Å². The van der Waals surface area contributed by atoms with E-state index in [2.05, 4.69) is 50.0 Å². The number of hydrogen-bond acceptors (Lipinski definition) is 2. The molecule has 0 radical (unpaired) electrons. The Bertz CT molecular complexity index is 231. The molecule has 0 saturated heterocycles. The summed E-state index contributed by atoms with van der Waals surface area (Å²) in [6.07, 6.45) is 13.2. The van der Waals surface area contributed by atoms with Gasteiger partial charge in [0.05, 0.1) is 5.71 Å². The maximum atomic E-state index is 4.68. The molecular weight excluding hydrogens is 220 g/mol. The maximum Gasteiger partial charge on any atom is 0.0571 e. The van der Waals surface area contributed by atoms with Gasteiger partial charge in [0, 0.05) is 13.1 Å². The van der Waals surface area contributed by atoms with Gasteiger partial charge in [-0.3, -0.25) is 5.01 Å². The lowest BCUT2D eigenvalue weighted by molar-refractivity contribution is 0.284. The zero-order valence-corrected chi connectivity index (χ0v) is 12.9. The largest absolute Gasteiger partial charge is 0.297 e. The van der Waals surface area contributed by atoms with Crippen LogP contribution in [0.15, 0.2) is 17.3 Å². The average molecular weight is 252 g/mol. The number of nitrogens with zero attached hydrogens (tertiary/aromatic N) is 2. The van der Waals surface area contributed by atoms with E-state index >= 15 is 0 Å². The zero-order chi connectivity index (χ0) is 13.6. The van der Waals surface area contributed by atoms with Crippen LogP contribution in [0.2, 0.25) is 0 Å². The van der Waals surface area contributed by atoms with Crippen molar-refractivity contribution >= 4 is 5.71 Å². The first kappa shape index (κ1) is 17.2. The fourth-order valence-electron chi connectivity index (χ4n) is 1.83. The predicted octanol–water partition coefficient (Wildman–Crippen LogP) is 5.01. The molecule has 0 bridgehead atoms. The summed E-state index contributed by atoms with van der Waals surface area (Å²) in [5, 5.41) is 6.90. The van der Waals surface area contributed by atoms with Crippen molar-refractivity contribution in [3.8, 4) is 0 Å². The number of rotatable bonds is 11. The second-order valence-electron chi connectivity index (χ2n) is 4.95. The quantitative estimate of drug-likeness (QED) is 0.287. The Morgan fingerprint density at radius 1 is 0.944 bits per heavy atom. The van der Waals surface area contributed by atoms with Crippen molar-refractivity contribution in [2.75, 3.05) is 13.1 Å². The molecule has 0 unspecified atom stereocenters. The van der Waals surface area contributed by atoms with Crippen LogP contribution in [0.5, 0.6) is 0 Å². The van der Waals surface area contributed by atoms with Crippen molar-refractivity contribution in [2.24, 2.45) is 5.10 Å². The van der Waals surface area contributed by atoms with Gasteiger partial charge in [-0.05, 0) is 38.7 Å². The van der Waals surface area contributed by atoms with Crippen LogP contribution in [0.25, 0.3) is 0 Å². The van der Waals surface area contributed by atoms with Crippen molar-refractivity contribution in [1.29, 1.82) is 0 Å². The third-order valence-electron chi connectivity index (χ3n) is 2.88. The lowest BCUT2D eigenvalue weighted by atomic mass is 10.2. The van der Waals surface area contributed by atoms with Crippen LogP contribution in [-0.4, -0.2) is 23.8 Å². The summed E-state index contributed by atoms with van der Waals surface area (Å²) in [4.78, 5) is 0. The van der Waals surface area contributed by atoms with E-state index in [1.165, 1.54) is 44.9 Å². The van der Waals surface area contributed by atoms with Crippen molar-refractivity contribution in [3.05, 3.63) is 12.2 Å². The van der Waals surface area contributed by atoms with Crippen molar-refractivity contribution in [3.63, 3.8) is 0 Å². The molecule has 0 atom stereocenters. The smallest absolute Gasteiger partial charge is 0.0571 e. The summed E-state index contributed by atoms with van der Waals surface area (Å²) in [5.41, 5.74) is 1.14. The molecule has 0 heterocycles. The molecule has 0 saturated carbocycles. The first-order valence-electron chi connectivity index (χ1n) is 7.71. The van der Waals surface area contributed by atoms with Crippen LogP contribution < -0.4 is 0 Å². The molecule has 0 aromatic rings. The van der Waals surface area contributed by atoms with E-state index in [9.17, 15) is 0 Å². The Morgan fingerprint density at radius 2 is 1.67 bits per heavy atom. The zero-order valence-electron chi connectivity index (χ0n) is 12.9. The van der Waals surface area contributed by atoms with E-state index in [1.54, 1.807) is 0 Å². The molecule has 0 aliphatic heterocycles. The molecule has 2 heteroatoms. The molecule has 2 nitrogen and oxygen atoms in total. The first-order valence-corrected chi connectivity index (χ1v) is 7.71. The molecule has 0 aromatic carbocycles. The highest BCUT2D eigenvalue weighted by atomic mass is 15.4. The second-order valence-corrected chi connectivity index (χ2v) is 4.95. The van der Waals surface area contributed by atoms with Crippen LogP contribution >= 0.6 is 0 Å². The third kappa shape index (κ3) is 10.4. The van der Waals surface area contributed by atoms with Crippen LogP contribution in [-0.2, 0) is 0 Å². The monoisotopic (exact) mass is 252 g/mol. The van der Waals surface area contributed by atoms with Gasteiger partial charge < -0.3 is 0 Å². The maximum absolute atomic E-state index is 4.68. The highest BCUT2D eigenvalue weighted by Crippen LogP contribution is 2.02. The summed E-state index contributed by atoms with van der Waals surface area (Å²) < 4.78 is 0. The number of hydrogen-bond donors (Lipinski definition) is 0. The van der Waals surface area contributed by atoms with Gasteiger partial charge in [-0.1, -0.05) is 46.1 Å². The Kier molecular flexibility index (Phi) is 12.1. The summed E-state index contributed by atoms with van der Waals surface area (Å²) in [5.74, 6) is 0. The Labute approximate surface area is 114 Å². The molecule has 106 valence electrons. The molecule has 0 amide bonds. The van der Waals surface area contributed by atoms with Gasteiger partial charge in [-0.15, -0.1) is 0 Å². The minimum absolute atomic E-state index is 1.07. The van der Waals surface area contributed by atoms with E-state index in [4.69, 9.17) is 0 Å². The number of allylic oxidation sites excluding steroid dienone is 2. The fourth-order valence-corrected chi connectivity index (χ4v) is 1.83. The van der Waals surface area contributed by atoms with Crippen molar-refractivity contribution in [2.45, 2.75) is 72.6 Å². The van der Waals surface area contributed by atoms with E-state index in [-0.39, 0.29) is 0 Å². The van der Waals surface area contributed by atoms with Crippen LogP contribution in [0.1, 0.15) is 72.6 Å². The molecule has 0 spiro atoms. The van der Waals surface area contributed by atoms with Gasteiger partial charge in [0.2, 0.25) is 0 Å². The van der Waals surface area contributed by atoms with E-state index < -0.39 is 0 Å². The molecule has 18 heavy (non-hydrogen) atoms. The molecule has 0 N–H and O–H groups in total. The topological polar surface area (TPSA) is 15.6 Å². The van der Waals surface area contributed by atoms with E-state index in [0.717, 1.165) is 18.8 Å². The Hall–Kier alpha value is -0.790. The molecular formula is C16H32N2. The minimum Gasteiger partial charge on any atom is -0.297 e. The minimum atomic E-state index is 1.07. The van der Waals surface area contributed by atoms with Crippen LogP contribution in [0, 0.1) is 0 Å². The summed E-state index contributed by atoms with van der Waals surface area (Å²) in [6.45, 7) is 10.9. The fraction of sp³-hybridized carbons (Fsp3) is 0.812. The van der Waals surface area contributed by atoms with Gasteiger partial charge >= 0.3 is 0 Å². The van der Waals surface area contributed by atoms with Crippen molar-refractivity contribution < 1.29 is 0 Å². The first-order chi connectivity index (χ1) is 8.74. The lowest BCUT2D eigenvalue weighted by Gasteiger charge is -2.18. The van der Waals surface area contributed by atoms with Crippen LogP contribution in [0.3, 0.4) is 0 Å². The van der Waals surface area contributed by atoms with Crippen molar-refractivity contribution in [1.82, 2.24) is 5.01 Å². The normalized spacial score (nSPS) is 12.3. The van der Waals surface area contributed by atoms with Gasteiger partial charge in [-0.2, -0.15) is 5.10 Å². The van der Waals surface area contributed by atoms with Gasteiger partial charge in [0.15, 0.2) is 0 Å². The molecule has 0 rings (SSSR count). The summed E-state index contributed by atoms with van der Waals surface area (Å²) in [7, 11) is 0. The number of hydrazone groups is 1. The molecule has 0 fully saturated rings. The standard InChI is InChI=1S/C16H32N2/c1-5-8-10-11-12-13-16(4)17-18(14-7-3)15-9-6-2/h12-13H,5-11,14-15H2,1-4H3. The SMILES string of the molecule is CCCCCC=CC(C)=NN(CCC)CCCC. The highest BCUT2D eigenvalue weighted by Gasteiger charge is 1.98. The van der Waals surface area contributed by atoms with Crippen LogP contribution in [0.4, 0.5) is 0 Å². The second kappa shape index (κ2) is 12.7.